The van der Waals surface area contributed by atoms with Gasteiger partial charge in [-0.25, -0.2) is 0 Å². The molecule has 0 saturated heterocycles. The fraction of sp³-hybridized carbons (Fsp3) is 0.190. The zero-order chi connectivity index (χ0) is 18.5. The third-order valence-corrected chi connectivity index (χ3v) is 5.02. The van der Waals surface area contributed by atoms with Gasteiger partial charge in [0.05, 0.1) is 27.7 Å². The number of para-hydroxylation sites is 1. The molecule has 6 nitrogen and oxygen atoms in total. The Bertz CT molecular complexity index is 1260. The Morgan fingerprint density at radius 2 is 1.81 bits per heavy atom. The second-order valence-corrected chi connectivity index (χ2v) is 6.64. The van der Waals surface area contributed by atoms with E-state index in [1.165, 1.54) is 0 Å². The number of fused-ring (bicyclic) bond motifs is 8. The lowest BCUT2D eigenvalue weighted by atomic mass is 9.97. The van der Waals surface area contributed by atoms with Crippen LogP contribution in [0.25, 0.3) is 32.7 Å². The first-order chi connectivity index (χ1) is 13.2. The first kappa shape index (κ1) is 16.0. The molecule has 0 saturated carbocycles. The number of hydrogen-bond donors (Lipinski definition) is 1. The fourth-order valence-corrected chi connectivity index (χ4v) is 3.98. The topological polar surface area (TPSA) is 73.2 Å². The maximum atomic E-state index is 12.7. The Morgan fingerprint density at radius 3 is 2.67 bits per heavy atom. The van der Waals surface area contributed by atoms with E-state index in [2.05, 4.69) is 17.2 Å². The number of imide groups is 1. The summed E-state index contributed by atoms with van der Waals surface area (Å²) in [5, 5.41) is 4.81. The molecule has 0 unspecified atom stereocenters. The molecule has 4 aromatic rings. The molecule has 5 rings (SSSR count). The van der Waals surface area contributed by atoms with Crippen molar-refractivity contribution in [3.63, 3.8) is 0 Å². The quantitative estimate of drug-likeness (QED) is 0.446. The number of carbonyl (C=O) groups is 2. The van der Waals surface area contributed by atoms with Crippen LogP contribution in [0.4, 0.5) is 0 Å². The number of amides is 2. The Morgan fingerprint density at radius 1 is 1.04 bits per heavy atom. The molecule has 2 aromatic carbocycles. The van der Waals surface area contributed by atoms with Crippen LogP contribution in [-0.4, -0.2) is 28.0 Å². The van der Waals surface area contributed by atoms with Crippen LogP contribution >= 0.6 is 0 Å². The van der Waals surface area contributed by atoms with Gasteiger partial charge in [0.1, 0.15) is 6.73 Å². The lowest BCUT2D eigenvalue weighted by Crippen LogP contribution is -2.20. The maximum absolute atomic E-state index is 12.7. The summed E-state index contributed by atoms with van der Waals surface area (Å²) < 4.78 is 7.87. The van der Waals surface area contributed by atoms with E-state index in [-0.39, 0.29) is 11.8 Å². The Hall–Kier alpha value is -3.25. The van der Waals surface area contributed by atoms with Crippen molar-refractivity contribution in [1.29, 1.82) is 0 Å². The second kappa shape index (κ2) is 5.89. The zero-order valence-electron chi connectivity index (χ0n) is 14.8. The number of nitrogens with zero attached hydrogens (tertiary/aromatic N) is 2. The van der Waals surface area contributed by atoms with E-state index in [4.69, 9.17) is 4.74 Å². The number of carbonyl (C=O) groups excluding carboxylic acids is 2. The van der Waals surface area contributed by atoms with Gasteiger partial charge in [-0.1, -0.05) is 31.2 Å². The summed E-state index contributed by atoms with van der Waals surface area (Å²) in [4.78, 5) is 29.7. The van der Waals surface area contributed by atoms with E-state index >= 15 is 0 Å². The average Bonchev–Trinajstić information content (AvgIpc) is 3.17. The summed E-state index contributed by atoms with van der Waals surface area (Å²) in [5.41, 5.74) is 3.32. The third kappa shape index (κ3) is 2.13. The minimum Gasteiger partial charge on any atom is -0.361 e. The summed E-state index contributed by atoms with van der Waals surface area (Å²) in [6.07, 6.45) is 2.63. The van der Waals surface area contributed by atoms with Gasteiger partial charge in [0.15, 0.2) is 0 Å². The van der Waals surface area contributed by atoms with Gasteiger partial charge in [-0.05, 0) is 18.6 Å². The largest absolute Gasteiger partial charge is 0.361 e. The minimum absolute atomic E-state index is 0.358. The standard InChI is InChI=1S/C21H17N3O3/c1-2-10-27-11-24-14-8-4-3-6-12(14)15-17-16(20(25)23-21(17)26)13-7-5-9-22-18(13)19(15)24/h3-9H,2,10-11H2,1H3,(H,23,25,26). The van der Waals surface area contributed by atoms with Crippen LogP contribution in [-0.2, 0) is 11.5 Å². The van der Waals surface area contributed by atoms with Crippen molar-refractivity contribution in [3.8, 4) is 0 Å². The molecule has 2 amide bonds. The van der Waals surface area contributed by atoms with Crippen molar-refractivity contribution in [2.45, 2.75) is 20.1 Å². The highest BCUT2D eigenvalue weighted by Gasteiger charge is 2.34. The van der Waals surface area contributed by atoms with Gasteiger partial charge in [0.25, 0.3) is 11.8 Å². The number of hydrogen-bond acceptors (Lipinski definition) is 4. The van der Waals surface area contributed by atoms with E-state index in [1.807, 2.05) is 34.9 Å². The Labute approximate surface area is 154 Å². The van der Waals surface area contributed by atoms with Crippen molar-refractivity contribution in [3.05, 3.63) is 53.7 Å². The molecule has 0 aliphatic carbocycles. The first-order valence-corrected chi connectivity index (χ1v) is 8.97. The number of ether oxygens (including phenoxy) is 1. The molecule has 2 aromatic heterocycles. The van der Waals surface area contributed by atoms with Crippen LogP contribution < -0.4 is 5.32 Å². The molecule has 1 aliphatic heterocycles. The summed E-state index contributed by atoms with van der Waals surface area (Å²) in [6, 6.07) is 11.5. The summed E-state index contributed by atoms with van der Waals surface area (Å²) >= 11 is 0. The van der Waals surface area contributed by atoms with Crippen molar-refractivity contribution in [1.82, 2.24) is 14.9 Å². The van der Waals surface area contributed by atoms with E-state index in [1.54, 1.807) is 12.3 Å². The number of benzene rings is 2. The van der Waals surface area contributed by atoms with Crippen molar-refractivity contribution in [2.75, 3.05) is 6.61 Å². The van der Waals surface area contributed by atoms with Gasteiger partial charge in [0.2, 0.25) is 0 Å². The van der Waals surface area contributed by atoms with Crippen LogP contribution in [0, 0.1) is 0 Å². The van der Waals surface area contributed by atoms with Crippen LogP contribution in [0.3, 0.4) is 0 Å². The molecule has 134 valence electrons. The van der Waals surface area contributed by atoms with Gasteiger partial charge in [-0.2, -0.15) is 0 Å². The predicted octanol–water partition coefficient (Wildman–Crippen LogP) is 3.61. The fourth-order valence-electron chi connectivity index (χ4n) is 3.98. The Balaban J connectivity index is 2.01. The summed E-state index contributed by atoms with van der Waals surface area (Å²) in [7, 11) is 0. The normalized spacial score (nSPS) is 13.7. The molecule has 0 bridgehead atoms. The number of pyridine rings is 1. The monoisotopic (exact) mass is 359 g/mol. The molecular formula is C21H17N3O3. The molecule has 0 radical (unpaired) electrons. The third-order valence-electron chi connectivity index (χ3n) is 5.02. The molecule has 3 heterocycles. The number of nitrogens with one attached hydrogen (secondary N) is 1. The predicted molar refractivity (Wildman–Crippen MR) is 103 cm³/mol. The van der Waals surface area contributed by atoms with Gasteiger partial charge >= 0.3 is 0 Å². The molecule has 0 fully saturated rings. The van der Waals surface area contributed by atoms with Crippen LogP contribution in [0.1, 0.15) is 34.1 Å². The highest BCUT2D eigenvalue weighted by Crippen LogP contribution is 2.40. The van der Waals surface area contributed by atoms with Gasteiger partial charge < -0.3 is 9.30 Å². The molecule has 1 N–H and O–H groups in total. The molecule has 0 atom stereocenters. The van der Waals surface area contributed by atoms with Crippen molar-refractivity contribution in [2.24, 2.45) is 0 Å². The van der Waals surface area contributed by atoms with Crippen molar-refractivity contribution < 1.29 is 14.3 Å². The second-order valence-electron chi connectivity index (χ2n) is 6.64. The highest BCUT2D eigenvalue weighted by atomic mass is 16.5. The van der Waals surface area contributed by atoms with E-state index in [9.17, 15) is 9.59 Å². The Kier molecular flexibility index (Phi) is 3.48. The maximum Gasteiger partial charge on any atom is 0.259 e. The molecule has 1 aliphatic rings. The number of rotatable bonds is 4. The van der Waals surface area contributed by atoms with E-state index in [0.29, 0.717) is 35.4 Å². The van der Waals surface area contributed by atoms with Crippen LogP contribution in [0.2, 0.25) is 0 Å². The molecular weight excluding hydrogens is 342 g/mol. The molecule has 27 heavy (non-hydrogen) atoms. The van der Waals surface area contributed by atoms with Gasteiger partial charge in [-0.15, -0.1) is 0 Å². The lowest BCUT2D eigenvalue weighted by Gasteiger charge is -2.11. The molecule has 6 heteroatoms. The van der Waals surface area contributed by atoms with E-state index in [0.717, 1.165) is 28.2 Å². The first-order valence-electron chi connectivity index (χ1n) is 8.97. The zero-order valence-corrected chi connectivity index (χ0v) is 14.8. The number of aromatic nitrogens is 2. The van der Waals surface area contributed by atoms with Gasteiger partial charge in [0, 0.05) is 29.0 Å². The van der Waals surface area contributed by atoms with Crippen LogP contribution in [0.15, 0.2) is 42.6 Å². The SMILES string of the molecule is CCCOCn1c2ccccc2c2c3c(c4cccnc4c21)C(=O)NC3=O. The summed E-state index contributed by atoms with van der Waals surface area (Å²) in [6.45, 7) is 3.06. The summed E-state index contributed by atoms with van der Waals surface area (Å²) in [5.74, 6) is -0.725. The van der Waals surface area contributed by atoms with Gasteiger partial charge in [-0.3, -0.25) is 19.9 Å². The minimum atomic E-state index is -0.367. The highest BCUT2D eigenvalue weighted by molar-refractivity contribution is 6.36. The van der Waals surface area contributed by atoms with E-state index < -0.39 is 0 Å². The smallest absolute Gasteiger partial charge is 0.259 e. The van der Waals surface area contributed by atoms with Crippen LogP contribution in [0.5, 0.6) is 0 Å². The van der Waals surface area contributed by atoms with Crippen molar-refractivity contribution >= 4 is 44.5 Å². The lowest BCUT2D eigenvalue weighted by molar-refractivity contribution is 0.0830. The molecule has 0 spiro atoms. The average molecular weight is 359 g/mol.